The zero-order valence-corrected chi connectivity index (χ0v) is 17.7. The van der Waals surface area contributed by atoms with E-state index in [0.29, 0.717) is 11.6 Å². The number of thioether (sulfide) groups is 1. The van der Waals surface area contributed by atoms with Crippen LogP contribution in [0.3, 0.4) is 0 Å². The summed E-state index contributed by atoms with van der Waals surface area (Å²) in [5.41, 5.74) is 0.456. The maximum atomic E-state index is 12.6. The summed E-state index contributed by atoms with van der Waals surface area (Å²) in [5, 5.41) is 2.58. The molecule has 0 saturated heterocycles. The zero-order valence-electron chi connectivity index (χ0n) is 16.9. The highest BCUT2D eigenvalue weighted by Crippen LogP contribution is 2.25. The van der Waals surface area contributed by atoms with Crippen molar-refractivity contribution in [1.29, 1.82) is 0 Å². The van der Waals surface area contributed by atoms with Gasteiger partial charge >= 0.3 is 5.97 Å². The summed E-state index contributed by atoms with van der Waals surface area (Å²) in [6.45, 7) is 3.33. The Morgan fingerprint density at radius 1 is 1.18 bits per heavy atom. The number of nitrogens with zero attached hydrogens (tertiary/aromatic N) is 1. The maximum absolute atomic E-state index is 12.6. The number of nitrogens with one attached hydrogen (secondary N) is 1. The topological polar surface area (TPSA) is 75.7 Å². The summed E-state index contributed by atoms with van der Waals surface area (Å²) in [6.07, 6.45) is 5.52. The van der Waals surface area contributed by atoms with E-state index in [0.717, 1.165) is 17.7 Å². The summed E-state index contributed by atoms with van der Waals surface area (Å²) in [4.78, 5) is 39.2. The lowest BCUT2D eigenvalue weighted by Crippen LogP contribution is -2.39. The van der Waals surface area contributed by atoms with Crippen LogP contribution in [0.25, 0.3) is 0 Å². The largest absolute Gasteiger partial charge is 0.462 e. The average Bonchev–Trinajstić information content (AvgIpc) is 2.70. The van der Waals surface area contributed by atoms with E-state index < -0.39 is 5.97 Å². The first-order chi connectivity index (χ1) is 13.4. The first-order valence-electron chi connectivity index (χ1n) is 9.83. The molecule has 0 radical (unpaired) electrons. The first-order valence-corrected chi connectivity index (χ1v) is 10.8. The lowest BCUT2D eigenvalue weighted by Gasteiger charge is -2.31. The molecule has 1 aliphatic rings. The molecule has 2 rings (SSSR count). The quantitative estimate of drug-likeness (QED) is 0.530. The van der Waals surface area contributed by atoms with Gasteiger partial charge in [-0.05, 0) is 38.8 Å². The van der Waals surface area contributed by atoms with Gasteiger partial charge in [-0.15, -0.1) is 11.8 Å². The zero-order chi connectivity index (χ0) is 20.5. The summed E-state index contributed by atoms with van der Waals surface area (Å²) >= 11 is 1.35. The Labute approximate surface area is 171 Å². The molecule has 0 bridgehead atoms. The van der Waals surface area contributed by atoms with E-state index >= 15 is 0 Å². The molecular weight excluding hydrogens is 376 g/mol. The van der Waals surface area contributed by atoms with Crippen LogP contribution in [-0.4, -0.2) is 54.2 Å². The number of hydrogen-bond acceptors (Lipinski definition) is 5. The minimum absolute atomic E-state index is 0.0765. The normalized spacial score (nSPS) is 14.6. The Morgan fingerprint density at radius 2 is 1.86 bits per heavy atom. The number of rotatable bonds is 8. The number of benzene rings is 1. The van der Waals surface area contributed by atoms with E-state index in [1.165, 1.54) is 31.0 Å². The van der Waals surface area contributed by atoms with Crippen LogP contribution in [0.2, 0.25) is 0 Å². The highest BCUT2D eigenvalue weighted by Gasteiger charge is 2.22. The Kier molecular flexibility index (Phi) is 8.83. The number of carbonyl (C=O) groups is 3. The van der Waals surface area contributed by atoms with E-state index in [4.69, 9.17) is 4.74 Å². The standard InChI is InChI=1S/C21H30N2O4S/c1-15(2)27-20(25)13-22-21(26)17-11-7-8-12-18(17)28-14-19(24)23(3)16-9-5-4-6-10-16/h7-8,11-12,15-16H,4-6,9-10,13-14H2,1-3H3,(H,22,26). The molecule has 0 atom stereocenters. The van der Waals surface area contributed by atoms with Crippen LogP contribution in [0.1, 0.15) is 56.3 Å². The molecule has 0 aromatic heterocycles. The van der Waals surface area contributed by atoms with Crippen molar-refractivity contribution in [3.05, 3.63) is 29.8 Å². The number of carbonyl (C=O) groups excluding carboxylic acids is 3. The molecule has 1 saturated carbocycles. The third kappa shape index (κ3) is 6.86. The summed E-state index contributed by atoms with van der Waals surface area (Å²) in [6, 6.07) is 7.44. The SMILES string of the molecule is CC(C)OC(=O)CNC(=O)c1ccccc1SCC(=O)N(C)C1CCCCC1. The molecule has 7 heteroatoms. The highest BCUT2D eigenvalue weighted by atomic mass is 32.2. The number of amides is 2. The van der Waals surface area contributed by atoms with E-state index in [9.17, 15) is 14.4 Å². The van der Waals surface area contributed by atoms with Crippen LogP contribution < -0.4 is 5.32 Å². The molecule has 1 N–H and O–H groups in total. The van der Waals surface area contributed by atoms with Crippen molar-refractivity contribution in [3.8, 4) is 0 Å². The van der Waals surface area contributed by atoms with E-state index in [2.05, 4.69) is 5.32 Å². The fraction of sp³-hybridized carbons (Fsp3) is 0.571. The molecule has 0 heterocycles. The number of esters is 1. The van der Waals surface area contributed by atoms with Gasteiger partial charge in [0.2, 0.25) is 5.91 Å². The fourth-order valence-corrected chi connectivity index (χ4v) is 4.22. The Balaban J connectivity index is 1.91. The highest BCUT2D eigenvalue weighted by molar-refractivity contribution is 8.00. The maximum Gasteiger partial charge on any atom is 0.325 e. The van der Waals surface area contributed by atoms with Crippen LogP contribution in [-0.2, 0) is 14.3 Å². The molecule has 1 aromatic rings. The van der Waals surface area contributed by atoms with Crippen LogP contribution in [0.4, 0.5) is 0 Å². The molecule has 0 unspecified atom stereocenters. The second kappa shape index (κ2) is 11.1. The van der Waals surface area contributed by atoms with Crippen LogP contribution in [0.15, 0.2) is 29.2 Å². The molecule has 2 amide bonds. The summed E-state index contributed by atoms with van der Waals surface area (Å²) in [5.74, 6) is -0.463. The second-order valence-corrected chi connectivity index (χ2v) is 8.32. The van der Waals surface area contributed by atoms with Crippen molar-refractivity contribution < 1.29 is 19.1 Å². The van der Waals surface area contributed by atoms with Gasteiger partial charge in [-0.1, -0.05) is 31.4 Å². The van der Waals surface area contributed by atoms with Gasteiger partial charge < -0.3 is 15.0 Å². The van der Waals surface area contributed by atoms with Crippen molar-refractivity contribution in [1.82, 2.24) is 10.2 Å². The van der Waals surface area contributed by atoms with Crippen LogP contribution in [0.5, 0.6) is 0 Å². The Morgan fingerprint density at radius 3 is 2.54 bits per heavy atom. The van der Waals surface area contributed by atoms with Crippen LogP contribution >= 0.6 is 11.8 Å². The van der Waals surface area contributed by atoms with Gasteiger partial charge in [-0.3, -0.25) is 14.4 Å². The van der Waals surface area contributed by atoms with Gasteiger partial charge in [-0.2, -0.15) is 0 Å². The third-order valence-corrected chi connectivity index (χ3v) is 5.82. The summed E-state index contributed by atoms with van der Waals surface area (Å²) < 4.78 is 5.02. The van der Waals surface area contributed by atoms with Crippen molar-refractivity contribution in [3.63, 3.8) is 0 Å². The number of hydrogen-bond donors (Lipinski definition) is 1. The molecule has 1 aliphatic carbocycles. The predicted molar refractivity (Wildman–Crippen MR) is 110 cm³/mol. The van der Waals surface area contributed by atoms with Gasteiger partial charge in [0, 0.05) is 18.0 Å². The lowest BCUT2D eigenvalue weighted by atomic mass is 9.94. The summed E-state index contributed by atoms with van der Waals surface area (Å²) in [7, 11) is 1.87. The van der Waals surface area contributed by atoms with Gasteiger partial charge in [0.1, 0.15) is 6.54 Å². The van der Waals surface area contributed by atoms with Gasteiger partial charge in [0.15, 0.2) is 0 Å². The molecule has 154 valence electrons. The van der Waals surface area contributed by atoms with Crippen molar-refractivity contribution in [2.45, 2.75) is 63.0 Å². The van der Waals surface area contributed by atoms with E-state index in [1.807, 2.05) is 24.1 Å². The van der Waals surface area contributed by atoms with Crippen LogP contribution in [0, 0.1) is 0 Å². The molecule has 0 spiro atoms. The van der Waals surface area contributed by atoms with Crippen molar-refractivity contribution >= 4 is 29.5 Å². The third-order valence-electron chi connectivity index (χ3n) is 4.76. The smallest absolute Gasteiger partial charge is 0.325 e. The molecule has 0 aliphatic heterocycles. The first kappa shape index (κ1) is 22.3. The predicted octanol–water partition coefficient (Wildman–Crippen LogP) is 3.25. The van der Waals surface area contributed by atoms with Crippen molar-refractivity contribution in [2.75, 3.05) is 19.3 Å². The Hall–Kier alpha value is -2.02. The van der Waals surface area contributed by atoms with Gasteiger partial charge in [0.25, 0.3) is 5.91 Å². The number of ether oxygens (including phenoxy) is 1. The van der Waals surface area contributed by atoms with E-state index in [1.54, 1.807) is 26.0 Å². The lowest BCUT2D eigenvalue weighted by molar-refractivity contribution is -0.146. The molecule has 28 heavy (non-hydrogen) atoms. The Bertz CT molecular complexity index is 687. The van der Waals surface area contributed by atoms with Gasteiger partial charge in [-0.25, -0.2) is 0 Å². The molecule has 1 aromatic carbocycles. The fourth-order valence-electron chi connectivity index (χ4n) is 3.25. The van der Waals surface area contributed by atoms with Gasteiger partial charge in [0.05, 0.1) is 17.4 Å². The molecular formula is C21H30N2O4S. The monoisotopic (exact) mass is 406 g/mol. The average molecular weight is 407 g/mol. The molecule has 6 nitrogen and oxygen atoms in total. The second-order valence-electron chi connectivity index (χ2n) is 7.30. The molecule has 1 fully saturated rings. The minimum atomic E-state index is -0.474. The van der Waals surface area contributed by atoms with Crippen molar-refractivity contribution in [2.24, 2.45) is 0 Å². The minimum Gasteiger partial charge on any atom is -0.462 e. The van der Waals surface area contributed by atoms with E-state index in [-0.39, 0.29) is 30.2 Å².